The molecule has 3 saturated heterocycles. The third-order valence-corrected chi connectivity index (χ3v) is 7.98. The molecule has 5 rings (SSSR count). The van der Waals surface area contributed by atoms with Gasteiger partial charge in [-0.25, -0.2) is 0 Å². The van der Waals surface area contributed by atoms with Gasteiger partial charge < -0.3 is 15.1 Å². The highest BCUT2D eigenvalue weighted by atomic mass is 16.2. The maximum Gasteiger partial charge on any atom is 0.253 e. The van der Waals surface area contributed by atoms with Crippen molar-refractivity contribution in [3.8, 4) is 0 Å². The predicted molar refractivity (Wildman–Crippen MR) is 127 cm³/mol. The van der Waals surface area contributed by atoms with E-state index in [4.69, 9.17) is 0 Å². The van der Waals surface area contributed by atoms with Gasteiger partial charge in [0.25, 0.3) is 5.91 Å². The lowest BCUT2D eigenvalue weighted by atomic mass is 9.78. The average Bonchev–Trinajstić information content (AvgIpc) is 3.42. The Morgan fingerprint density at radius 2 is 1.79 bits per heavy atom. The molecule has 3 fully saturated rings. The van der Waals surface area contributed by atoms with E-state index in [1.54, 1.807) is 0 Å². The highest BCUT2D eigenvalue weighted by Crippen LogP contribution is 2.57. The molecule has 33 heavy (non-hydrogen) atoms. The Morgan fingerprint density at radius 1 is 1.03 bits per heavy atom. The minimum atomic E-state index is -0.892. The molecule has 4 aliphatic rings. The van der Waals surface area contributed by atoms with E-state index in [0.717, 1.165) is 37.1 Å². The fraction of sp³-hybridized carbons (Fsp3) is 0.654. The van der Waals surface area contributed by atoms with E-state index < -0.39 is 11.0 Å². The van der Waals surface area contributed by atoms with Crippen LogP contribution in [0.15, 0.2) is 24.3 Å². The van der Waals surface area contributed by atoms with Gasteiger partial charge >= 0.3 is 0 Å². The number of benzene rings is 1. The monoisotopic (exact) mass is 452 g/mol. The predicted octanol–water partition coefficient (Wildman–Crippen LogP) is 2.50. The Morgan fingerprint density at radius 3 is 2.58 bits per heavy atom. The van der Waals surface area contributed by atoms with Gasteiger partial charge in [-0.05, 0) is 44.7 Å². The summed E-state index contributed by atoms with van der Waals surface area (Å²) in [5, 5.41) is 3.13. The van der Waals surface area contributed by atoms with E-state index in [-0.39, 0.29) is 29.7 Å². The normalized spacial score (nSPS) is 30.6. The van der Waals surface area contributed by atoms with Crippen LogP contribution < -0.4 is 10.2 Å². The molecule has 7 heteroatoms. The molecule has 3 amide bonds. The number of para-hydroxylation sites is 1. The van der Waals surface area contributed by atoms with Gasteiger partial charge in [0.05, 0.1) is 5.92 Å². The van der Waals surface area contributed by atoms with Crippen LogP contribution in [0.3, 0.4) is 0 Å². The van der Waals surface area contributed by atoms with E-state index in [9.17, 15) is 14.4 Å². The van der Waals surface area contributed by atoms with Gasteiger partial charge in [0.2, 0.25) is 11.8 Å². The van der Waals surface area contributed by atoms with Crippen LogP contribution in [-0.2, 0) is 19.9 Å². The van der Waals surface area contributed by atoms with Crippen LogP contribution in [0.25, 0.3) is 0 Å². The fourth-order valence-corrected chi connectivity index (χ4v) is 6.60. The summed E-state index contributed by atoms with van der Waals surface area (Å²) < 4.78 is 0. The zero-order valence-electron chi connectivity index (χ0n) is 20.1. The Kier molecular flexibility index (Phi) is 5.51. The van der Waals surface area contributed by atoms with Crippen molar-refractivity contribution in [2.24, 2.45) is 11.3 Å². The molecule has 4 heterocycles. The van der Waals surface area contributed by atoms with Gasteiger partial charge in [-0.2, -0.15) is 0 Å². The standard InChI is InChI=1S/C26H36N4O3/c1-25(2,3)23(32)28-13-7-12-27-22(31)20-17-18-9-6-16-30(18)26(20)19-10-4-5-11-21(19)29(24(26)33)15-8-14-28/h4-5,10-11,18,20H,6-9,12-17H2,1-3H3,(H,27,31)/t18-,20+,26+/m0/s1. The van der Waals surface area contributed by atoms with Crippen LogP contribution in [0.1, 0.15) is 58.4 Å². The Hall–Kier alpha value is -2.41. The van der Waals surface area contributed by atoms with Crippen molar-refractivity contribution < 1.29 is 14.4 Å². The van der Waals surface area contributed by atoms with E-state index in [2.05, 4.69) is 16.3 Å². The Labute approximate surface area is 196 Å². The molecule has 0 unspecified atom stereocenters. The molecular formula is C26H36N4O3. The van der Waals surface area contributed by atoms with Gasteiger partial charge in [-0.3, -0.25) is 19.3 Å². The molecule has 0 radical (unpaired) electrons. The molecule has 4 aliphatic heterocycles. The molecular weight excluding hydrogens is 416 g/mol. The maximum absolute atomic E-state index is 14.3. The lowest BCUT2D eigenvalue weighted by molar-refractivity contribution is -0.139. The van der Waals surface area contributed by atoms with Gasteiger partial charge in [0.1, 0.15) is 5.54 Å². The smallest absolute Gasteiger partial charge is 0.253 e. The topological polar surface area (TPSA) is 73.0 Å². The summed E-state index contributed by atoms with van der Waals surface area (Å²) in [6, 6.07) is 8.32. The van der Waals surface area contributed by atoms with E-state index in [0.29, 0.717) is 39.0 Å². The summed E-state index contributed by atoms with van der Waals surface area (Å²) in [6.45, 7) is 8.98. The van der Waals surface area contributed by atoms with Crippen molar-refractivity contribution in [3.05, 3.63) is 29.8 Å². The highest BCUT2D eigenvalue weighted by molar-refractivity contribution is 6.10. The van der Waals surface area contributed by atoms with Crippen molar-refractivity contribution in [1.29, 1.82) is 0 Å². The molecule has 0 saturated carbocycles. The second-order valence-corrected chi connectivity index (χ2v) is 11.1. The third-order valence-electron chi connectivity index (χ3n) is 7.98. The number of anilines is 1. The lowest BCUT2D eigenvalue weighted by Gasteiger charge is -2.37. The number of carbonyl (C=O) groups excluding carboxylic acids is 3. The van der Waals surface area contributed by atoms with Crippen LogP contribution in [-0.4, -0.2) is 66.3 Å². The summed E-state index contributed by atoms with van der Waals surface area (Å²) in [5.74, 6) is -0.247. The quantitative estimate of drug-likeness (QED) is 0.657. The van der Waals surface area contributed by atoms with E-state index in [1.165, 1.54) is 0 Å². The molecule has 1 N–H and O–H groups in total. The van der Waals surface area contributed by atoms with E-state index in [1.807, 2.05) is 48.8 Å². The van der Waals surface area contributed by atoms with Crippen molar-refractivity contribution >= 4 is 23.4 Å². The summed E-state index contributed by atoms with van der Waals surface area (Å²) >= 11 is 0. The number of carbonyl (C=O) groups is 3. The van der Waals surface area contributed by atoms with Crippen molar-refractivity contribution in [2.75, 3.05) is 37.6 Å². The second kappa shape index (κ2) is 8.12. The van der Waals surface area contributed by atoms with Crippen molar-refractivity contribution in [1.82, 2.24) is 15.1 Å². The Bertz CT molecular complexity index is 971. The molecule has 1 aromatic carbocycles. The van der Waals surface area contributed by atoms with Crippen molar-refractivity contribution in [2.45, 2.75) is 64.5 Å². The number of nitrogens with one attached hydrogen (secondary N) is 1. The largest absolute Gasteiger partial charge is 0.356 e. The molecule has 0 aromatic heterocycles. The minimum absolute atomic E-state index is 0.0256. The van der Waals surface area contributed by atoms with Crippen LogP contribution >= 0.6 is 0 Å². The van der Waals surface area contributed by atoms with Crippen LogP contribution in [0.2, 0.25) is 0 Å². The number of nitrogens with zero attached hydrogens (tertiary/aromatic N) is 3. The average molecular weight is 453 g/mol. The number of hydrogen-bond donors (Lipinski definition) is 1. The van der Waals surface area contributed by atoms with Gasteiger partial charge in [0.15, 0.2) is 0 Å². The first kappa shape index (κ1) is 22.4. The molecule has 3 atom stereocenters. The molecule has 1 aromatic rings. The first-order valence-corrected chi connectivity index (χ1v) is 12.5. The number of hydrogen-bond acceptors (Lipinski definition) is 4. The first-order valence-electron chi connectivity index (χ1n) is 12.5. The molecule has 178 valence electrons. The molecule has 1 spiro atoms. The van der Waals surface area contributed by atoms with Gasteiger partial charge in [0, 0.05) is 48.9 Å². The molecule has 7 nitrogen and oxygen atoms in total. The SMILES string of the molecule is CC(C)(C)C(=O)N1CCCNC(=O)[C@H]2C[C@@H]3CCCN3[C@@]23C(=O)N(CCC1)c1ccccc13. The first-order chi connectivity index (χ1) is 15.8. The number of fused-ring (bicyclic) bond motifs is 4. The summed E-state index contributed by atoms with van der Waals surface area (Å²) in [7, 11) is 0. The van der Waals surface area contributed by atoms with E-state index >= 15 is 0 Å². The van der Waals surface area contributed by atoms with Crippen molar-refractivity contribution in [3.63, 3.8) is 0 Å². The minimum Gasteiger partial charge on any atom is -0.356 e. The number of rotatable bonds is 0. The fourth-order valence-electron chi connectivity index (χ4n) is 6.60. The van der Waals surface area contributed by atoms with Crippen LogP contribution in [0, 0.1) is 11.3 Å². The zero-order valence-corrected chi connectivity index (χ0v) is 20.1. The third kappa shape index (κ3) is 3.38. The Balaban J connectivity index is 1.53. The van der Waals surface area contributed by atoms with Gasteiger partial charge in [-0.1, -0.05) is 39.0 Å². The molecule has 2 bridgehead atoms. The lowest BCUT2D eigenvalue weighted by Crippen LogP contribution is -2.56. The van der Waals surface area contributed by atoms with Crippen LogP contribution in [0.5, 0.6) is 0 Å². The molecule has 0 aliphatic carbocycles. The maximum atomic E-state index is 14.3. The number of amides is 3. The van der Waals surface area contributed by atoms with Gasteiger partial charge in [-0.15, -0.1) is 0 Å². The summed E-state index contributed by atoms with van der Waals surface area (Å²) in [4.78, 5) is 47.0. The summed E-state index contributed by atoms with van der Waals surface area (Å²) in [5.41, 5.74) is 0.563. The summed E-state index contributed by atoms with van der Waals surface area (Å²) in [6.07, 6.45) is 4.28. The second-order valence-electron chi connectivity index (χ2n) is 11.1. The highest BCUT2D eigenvalue weighted by Gasteiger charge is 2.66. The zero-order chi connectivity index (χ0) is 23.4. The van der Waals surface area contributed by atoms with Crippen LogP contribution in [0.4, 0.5) is 5.69 Å².